The summed E-state index contributed by atoms with van der Waals surface area (Å²) in [6, 6.07) is 4.36. The van der Waals surface area contributed by atoms with E-state index in [-0.39, 0.29) is 5.78 Å². The van der Waals surface area contributed by atoms with E-state index in [1.807, 2.05) is 0 Å². The zero-order chi connectivity index (χ0) is 15.1. The predicted octanol–water partition coefficient (Wildman–Crippen LogP) is 4.15. The van der Waals surface area contributed by atoms with Gasteiger partial charge in [0.15, 0.2) is 5.78 Å². The van der Waals surface area contributed by atoms with Crippen LogP contribution in [0.15, 0.2) is 12.1 Å². The largest absolute Gasteiger partial charge is 0.312 e. The van der Waals surface area contributed by atoms with Gasteiger partial charge >= 0.3 is 0 Å². The second-order valence-electron chi connectivity index (χ2n) is 5.97. The van der Waals surface area contributed by atoms with Crippen molar-refractivity contribution < 1.29 is 4.79 Å². The molecule has 0 aliphatic rings. The van der Waals surface area contributed by atoms with Crippen LogP contribution in [0.1, 0.15) is 68.1 Å². The molecule has 0 heterocycles. The molecule has 0 unspecified atom stereocenters. The first-order valence-corrected chi connectivity index (χ1v) is 7.85. The number of Topliss-reactive ketones (excluding diaryl/α,β-unsaturated/α-hetero) is 1. The molecule has 0 bridgehead atoms. The Hall–Kier alpha value is -1.15. The van der Waals surface area contributed by atoms with Gasteiger partial charge in [0.25, 0.3) is 0 Å². The quantitative estimate of drug-likeness (QED) is 0.722. The molecule has 2 nitrogen and oxygen atoms in total. The minimum absolute atomic E-state index is 0.185. The molecule has 1 rings (SSSR count). The van der Waals surface area contributed by atoms with Crippen LogP contribution < -0.4 is 5.32 Å². The Kier molecular flexibility index (Phi) is 6.94. The molecule has 1 aromatic rings. The second kappa shape index (κ2) is 8.21. The highest BCUT2D eigenvalue weighted by molar-refractivity contribution is 5.96. The molecule has 0 aromatic heterocycles. The third kappa shape index (κ3) is 4.75. The molecule has 0 radical (unpaired) electrons. The summed E-state index contributed by atoms with van der Waals surface area (Å²) < 4.78 is 0. The van der Waals surface area contributed by atoms with Crippen LogP contribution in [0.4, 0.5) is 0 Å². The molecule has 2 heteroatoms. The molecule has 0 atom stereocenters. The van der Waals surface area contributed by atoms with Gasteiger partial charge in [0.2, 0.25) is 0 Å². The van der Waals surface area contributed by atoms with Crippen molar-refractivity contribution in [3.63, 3.8) is 0 Å². The Bertz CT molecular complexity index is 449. The highest BCUT2D eigenvalue weighted by Crippen LogP contribution is 2.21. The van der Waals surface area contributed by atoms with Gasteiger partial charge in [0, 0.05) is 12.1 Å². The van der Waals surface area contributed by atoms with Crippen molar-refractivity contribution in [2.75, 3.05) is 6.54 Å². The lowest BCUT2D eigenvalue weighted by Crippen LogP contribution is -2.19. The van der Waals surface area contributed by atoms with Crippen LogP contribution >= 0.6 is 0 Å². The fraction of sp³-hybridized carbons (Fsp3) is 0.611. The Labute approximate surface area is 124 Å². The highest BCUT2D eigenvalue weighted by Gasteiger charge is 2.12. The normalized spacial score (nSPS) is 11.1. The molecule has 1 aromatic carbocycles. The fourth-order valence-electron chi connectivity index (χ4n) is 2.63. The van der Waals surface area contributed by atoms with Gasteiger partial charge in [-0.2, -0.15) is 0 Å². The van der Waals surface area contributed by atoms with E-state index in [4.69, 9.17) is 0 Å². The molecule has 0 saturated heterocycles. The van der Waals surface area contributed by atoms with E-state index in [2.05, 4.69) is 45.1 Å². The van der Waals surface area contributed by atoms with Crippen LogP contribution in [0.5, 0.6) is 0 Å². The maximum absolute atomic E-state index is 11.9. The fourth-order valence-corrected chi connectivity index (χ4v) is 2.63. The van der Waals surface area contributed by atoms with E-state index in [9.17, 15) is 4.79 Å². The van der Waals surface area contributed by atoms with Crippen LogP contribution in [0, 0.1) is 5.92 Å². The number of rotatable bonds is 8. The summed E-state index contributed by atoms with van der Waals surface area (Å²) in [5, 5.41) is 3.46. The third-order valence-electron chi connectivity index (χ3n) is 3.54. The van der Waals surface area contributed by atoms with Crippen molar-refractivity contribution in [1.82, 2.24) is 5.32 Å². The number of benzene rings is 1. The van der Waals surface area contributed by atoms with E-state index in [1.54, 1.807) is 6.92 Å². The van der Waals surface area contributed by atoms with Gasteiger partial charge in [-0.05, 0) is 55.0 Å². The van der Waals surface area contributed by atoms with Gasteiger partial charge < -0.3 is 5.32 Å². The van der Waals surface area contributed by atoms with E-state index < -0.39 is 0 Å². The second-order valence-corrected chi connectivity index (χ2v) is 5.97. The average Bonchev–Trinajstić information content (AvgIpc) is 2.38. The minimum atomic E-state index is 0.185. The summed E-state index contributed by atoms with van der Waals surface area (Å²) in [5.74, 6) is 0.831. The molecule has 0 spiro atoms. The summed E-state index contributed by atoms with van der Waals surface area (Å²) in [6.45, 7) is 12.3. The van der Waals surface area contributed by atoms with E-state index in [0.717, 1.165) is 37.9 Å². The first-order chi connectivity index (χ1) is 9.49. The molecule has 0 aliphatic heterocycles. The Morgan fingerprint density at radius 1 is 1.25 bits per heavy atom. The summed E-state index contributed by atoms with van der Waals surface area (Å²) in [6.07, 6.45) is 3.11. The molecule has 0 saturated carbocycles. The van der Waals surface area contributed by atoms with E-state index >= 15 is 0 Å². The van der Waals surface area contributed by atoms with Crippen molar-refractivity contribution in [2.45, 2.75) is 60.4 Å². The summed E-state index contributed by atoms with van der Waals surface area (Å²) in [4.78, 5) is 11.9. The van der Waals surface area contributed by atoms with Crippen LogP contribution in [0.2, 0.25) is 0 Å². The summed E-state index contributed by atoms with van der Waals surface area (Å²) in [7, 11) is 0. The lowest BCUT2D eigenvalue weighted by Gasteiger charge is -2.15. The lowest BCUT2D eigenvalue weighted by molar-refractivity contribution is 0.101. The Morgan fingerprint density at radius 3 is 2.45 bits per heavy atom. The zero-order valence-corrected chi connectivity index (χ0v) is 13.7. The van der Waals surface area contributed by atoms with Crippen molar-refractivity contribution >= 4 is 5.78 Å². The predicted molar refractivity (Wildman–Crippen MR) is 86.4 cm³/mol. The molecule has 20 heavy (non-hydrogen) atoms. The summed E-state index contributed by atoms with van der Waals surface area (Å²) in [5.41, 5.74) is 4.74. The number of carbonyl (C=O) groups is 1. The Morgan fingerprint density at radius 2 is 1.95 bits per heavy atom. The zero-order valence-electron chi connectivity index (χ0n) is 13.7. The van der Waals surface area contributed by atoms with Gasteiger partial charge in [0.05, 0.1) is 0 Å². The SMILES string of the molecule is CCCc1cc(CNCC(C)C)cc(C(C)=O)c1CC. The van der Waals surface area contributed by atoms with Crippen molar-refractivity contribution in [2.24, 2.45) is 5.92 Å². The highest BCUT2D eigenvalue weighted by atomic mass is 16.1. The van der Waals surface area contributed by atoms with Crippen LogP contribution in [-0.2, 0) is 19.4 Å². The standard InChI is InChI=1S/C18H29NO/c1-6-8-16-9-15(12-19-11-13(3)4)10-18(14(5)20)17(16)7-2/h9-10,13,19H,6-8,11-12H2,1-5H3. The number of hydrogen-bond donors (Lipinski definition) is 1. The van der Waals surface area contributed by atoms with Crippen molar-refractivity contribution in [3.05, 3.63) is 34.4 Å². The van der Waals surface area contributed by atoms with Crippen LogP contribution in [0.3, 0.4) is 0 Å². The number of ketones is 1. The van der Waals surface area contributed by atoms with Gasteiger partial charge in [-0.15, -0.1) is 0 Å². The number of aryl methyl sites for hydroxylation is 1. The molecule has 112 valence electrons. The maximum Gasteiger partial charge on any atom is 0.160 e. The molecule has 1 N–H and O–H groups in total. The van der Waals surface area contributed by atoms with E-state index in [0.29, 0.717) is 5.92 Å². The minimum Gasteiger partial charge on any atom is -0.312 e. The monoisotopic (exact) mass is 275 g/mol. The van der Waals surface area contributed by atoms with Crippen molar-refractivity contribution in [3.8, 4) is 0 Å². The smallest absolute Gasteiger partial charge is 0.160 e. The molecule has 0 aliphatic carbocycles. The average molecular weight is 275 g/mol. The number of nitrogens with one attached hydrogen (secondary N) is 1. The topological polar surface area (TPSA) is 29.1 Å². The maximum atomic E-state index is 11.9. The number of carbonyl (C=O) groups excluding carboxylic acids is 1. The summed E-state index contributed by atoms with van der Waals surface area (Å²) >= 11 is 0. The van der Waals surface area contributed by atoms with Crippen molar-refractivity contribution in [1.29, 1.82) is 0 Å². The molecule has 0 amide bonds. The first-order valence-electron chi connectivity index (χ1n) is 7.85. The molecular weight excluding hydrogens is 246 g/mol. The third-order valence-corrected chi connectivity index (χ3v) is 3.54. The van der Waals surface area contributed by atoms with Crippen LogP contribution in [-0.4, -0.2) is 12.3 Å². The van der Waals surface area contributed by atoms with Gasteiger partial charge in [0.1, 0.15) is 0 Å². The Balaban J connectivity index is 3.03. The lowest BCUT2D eigenvalue weighted by atomic mass is 9.91. The number of hydrogen-bond acceptors (Lipinski definition) is 2. The first kappa shape index (κ1) is 16.9. The van der Waals surface area contributed by atoms with Gasteiger partial charge in [-0.1, -0.05) is 40.2 Å². The van der Waals surface area contributed by atoms with Crippen LogP contribution in [0.25, 0.3) is 0 Å². The van der Waals surface area contributed by atoms with Gasteiger partial charge in [-0.25, -0.2) is 0 Å². The molecule has 0 fully saturated rings. The van der Waals surface area contributed by atoms with E-state index in [1.165, 1.54) is 16.7 Å². The molecular formula is C18H29NO. The van der Waals surface area contributed by atoms with Gasteiger partial charge in [-0.3, -0.25) is 4.79 Å².